The third-order valence-corrected chi connectivity index (χ3v) is 4.11. The van der Waals surface area contributed by atoms with Gasteiger partial charge in [-0.05, 0) is 42.5 Å². The van der Waals surface area contributed by atoms with E-state index in [1.165, 1.54) is 0 Å². The Labute approximate surface area is 132 Å². The van der Waals surface area contributed by atoms with Gasteiger partial charge >= 0.3 is 0 Å². The van der Waals surface area contributed by atoms with E-state index >= 15 is 0 Å². The Morgan fingerprint density at radius 2 is 2.14 bits per heavy atom. The summed E-state index contributed by atoms with van der Waals surface area (Å²) in [6, 6.07) is 7.71. The lowest BCUT2D eigenvalue weighted by Crippen LogP contribution is -2.15. The molecule has 0 atom stereocenters. The number of nitrogens with zero attached hydrogens (tertiary/aromatic N) is 2. The predicted octanol–water partition coefficient (Wildman–Crippen LogP) is 3.60. The lowest BCUT2D eigenvalue weighted by Gasteiger charge is -2.09. The largest absolute Gasteiger partial charge is 0.420 e. The zero-order chi connectivity index (χ0) is 15.5. The van der Waals surface area contributed by atoms with E-state index in [9.17, 15) is 4.79 Å². The van der Waals surface area contributed by atoms with Crippen molar-refractivity contribution < 1.29 is 9.21 Å². The van der Waals surface area contributed by atoms with Crippen LogP contribution in [0.2, 0.25) is 0 Å². The Balaban J connectivity index is 1.68. The minimum Gasteiger partial charge on any atom is -0.420 e. The molecule has 0 aliphatic heterocycles. The van der Waals surface area contributed by atoms with E-state index < -0.39 is 0 Å². The normalized spacial score (nSPS) is 10.6. The summed E-state index contributed by atoms with van der Waals surface area (Å²) in [5, 5.41) is 14.6. The summed E-state index contributed by atoms with van der Waals surface area (Å²) in [7, 11) is 0. The first-order valence-corrected chi connectivity index (χ1v) is 7.79. The number of nitrogens with one attached hydrogen (secondary N) is 1. The molecular weight excluding hydrogens is 298 g/mol. The Morgan fingerprint density at radius 1 is 1.27 bits per heavy atom. The van der Waals surface area contributed by atoms with Gasteiger partial charge in [0.05, 0.1) is 0 Å². The van der Waals surface area contributed by atoms with E-state index in [1.54, 1.807) is 11.3 Å². The van der Waals surface area contributed by atoms with Crippen molar-refractivity contribution in [2.45, 2.75) is 20.3 Å². The number of aromatic nitrogens is 2. The van der Waals surface area contributed by atoms with Gasteiger partial charge in [0.1, 0.15) is 6.42 Å². The van der Waals surface area contributed by atoms with E-state index in [4.69, 9.17) is 4.42 Å². The van der Waals surface area contributed by atoms with Gasteiger partial charge in [0, 0.05) is 16.6 Å². The van der Waals surface area contributed by atoms with Crippen LogP contribution in [0.3, 0.4) is 0 Å². The van der Waals surface area contributed by atoms with Crippen LogP contribution in [0.25, 0.3) is 11.5 Å². The molecule has 0 saturated carbocycles. The summed E-state index contributed by atoms with van der Waals surface area (Å²) in [6.07, 6.45) is 0.0600. The first kappa shape index (κ1) is 14.5. The van der Waals surface area contributed by atoms with Gasteiger partial charge in [-0.15, -0.1) is 10.2 Å². The van der Waals surface area contributed by atoms with Crippen LogP contribution in [0.15, 0.2) is 39.4 Å². The van der Waals surface area contributed by atoms with Crippen LogP contribution >= 0.6 is 11.3 Å². The molecule has 3 rings (SSSR count). The molecule has 1 aromatic carbocycles. The van der Waals surface area contributed by atoms with Gasteiger partial charge in [0.2, 0.25) is 17.7 Å². The van der Waals surface area contributed by atoms with Crippen molar-refractivity contribution in [2.24, 2.45) is 0 Å². The second kappa shape index (κ2) is 6.11. The number of anilines is 1. The molecule has 0 unspecified atom stereocenters. The molecule has 112 valence electrons. The second-order valence-electron chi connectivity index (χ2n) is 4.99. The average molecular weight is 313 g/mol. The number of rotatable bonds is 4. The summed E-state index contributed by atoms with van der Waals surface area (Å²) in [6.45, 7) is 3.99. The van der Waals surface area contributed by atoms with Crippen molar-refractivity contribution in [3.8, 4) is 11.5 Å². The number of carbonyl (C=O) groups excluding carboxylic acids is 1. The van der Waals surface area contributed by atoms with Crippen molar-refractivity contribution in [1.82, 2.24) is 10.2 Å². The molecule has 1 N–H and O–H groups in total. The fourth-order valence-electron chi connectivity index (χ4n) is 2.05. The zero-order valence-corrected chi connectivity index (χ0v) is 13.1. The highest BCUT2D eigenvalue weighted by Gasteiger charge is 2.13. The number of thiophene rings is 1. The molecule has 0 radical (unpaired) electrons. The maximum Gasteiger partial charge on any atom is 0.248 e. The van der Waals surface area contributed by atoms with Gasteiger partial charge in [0.15, 0.2) is 0 Å². The quantitative estimate of drug-likeness (QED) is 0.799. The van der Waals surface area contributed by atoms with Crippen LogP contribution in [0.4, 0.5) is 5.69 Å². The van der Waals surface area contributed by atoms with Crippen molar-refractivity contribution >= 4 is 22.9 Å². The minimum atomic E-state index is -0.172. The van der Waals surface area contributed by atoms with Crippen LogP contribution in [-0.4, -0.2) is 16.1 Å². The van der Waals surface area contributed by atoms with Gasteiger partial charge in [-0.1, -0.05) is 12.1 Å². The van der Waals surface area contributed by atoms with Gasteiger partial charge in [-0.3, -0.25) is 4.79 Å². The minimum absolute atomic E-state index is 0.0600. The summed E-state index contributed by atoms with van der Waals surface area (Å²) in [4.78, 5) is 12.1. The maximum absolute atomic E-state index is 12.1. The number of amides is 1. The number of hydrogen-bond donors (Lipinski definition) is 1. The summed E-state index contributed by atoms with van der Waals surface area (Å²) < 4.78 is 5.51. The van der Waals surface area contributed by atoms with Gasteiger partial charge in [0.25, 0.3) is 0 Å². The van der Waals surface area contributed by atoms with E-state index in [1.807, 2.05) is 48.9 Å². The molecule has 5 nitrogen and oxygen atoms in total. The van der Waals surface area contributed by atoms with Crippen molar-refractivity contribution in [3.05, 3.63) is 52.0 Å². The molecule has 0 spiro atoms. The summed E-state index contributed by atoms with van der Waals surface area (Å²) in [5.74, 6) is 0.578. The Bertz CT molecular complexity index is 794. The molecule has 22 heavy (non-hydrogen) atoms. The third kappa shape index (κ3) is 3.07. The molecular formula is C16H15N3O2S. The van der Waals surface area contributed by atoms with Crippen LogP contribution in [0.5, 0.6) is 0 Å². The number of hydrogen-bond acceptors (Lipinski definition) is 5. The fraction of sp³-hybridized carbons (Fsp3) is 0.188. The van der Waals surface area contributed by atoms with Crippen LogP contribution < -0.4 is 5.32 Å². The van der Waals surface area contributed by atoms with Gasteiger partial charge in [-0.2, -0.15) is 11.3 Å². The van der Waals surface area contributed by atoms with Crippen molar-refractivity contribution in [1.29, 1.82) is 0 Å². The first-order chi connectivity index (χ1) is 10.6. The molecule has 0 fully saturated rings. The molecule has 0 aliphatic rings. The molecule has 3 aromatic rings. The molecule has 1 amide bonds. The smallest absolute Gasteiger partial charge is 0.248 e. The highest BCUT2D eigenvalue weighted by Crippen LogP contribution is 2.21. The molecule has 2 aromatic heterocycles. The Kier molecular flexibility index (Phi) is 4.02. The topological polar surface area (TPSA) is 68.0 Å². The number of benzene rings is 1. The lowest BCUT2D eigenvalue weighted by molar-refractivity contribution is -0.115. The third-order valence-electron chi connectivity index (χ3n) is 3.43. The van der Waals surface area contributed by atoms with Crippen LogP contribution in [0.1, 0.15) is 17.0 Å². The Hall–Kier alpha value is -2.47. The second-order valence-corrected chi connectivity index (χ2v) is 5.77. The van der Waals surface area contributed by atoms with Gasteiger partial charge < -0.3 is 9.73 Å². The average Bonchev–Trinajstić information content (AvgIpc) is 3.14. The number of carbonyl (C=O) groups is 1. The SMILES string of the molecule is Cc1cccc(NC(=O)Cc2nnc(-c3ccsc3)o2)c1C. The maximum atomic E-state index is 12.1. The standard InChI is InChI=1S/C16H15N3O2S/c1-10-4-3-5-13(11(10)2)17-14(20)8-15-18-19-16(21-15)12-6-7-22-9-12/h3-7,9H,8H2,1-2H3,(H,17,20). The fourth-order valence-corrected chi connectivity index (χ4v) is 2.68. The van der Waals surface area contributed by atoms with E-state index in [-0.39, 0.29) is 12.3 Å². The van der Waals surface area contributed by atoms with Crippen LogP contribution in [0, 0.1) is 13.8 Å². The van der Waals surface area contributed by atoms with Gasteiger partial charge in [-0.25, -0.2) is 0 Å². The monoisotopic (exact) mass is 313 g/mol. The number of aryl methyl sites for hydroxylation is 1. The first-order valence-electron chi connectivity index (χ1n) is 6.84. The lowest BCUT2D eigenvalue weighted by atomic mass is 10.1. The Morgan fingerprint density at radius 3 is 2.91 bits per heavy atom. The predicted molar refractivity (Wildman–Crippen MR) is 85.9 cm³/mol. The zero-order valence-electron chi connectivity index (χ0n) is 12.3. The van der Waals surface area contributed by atoms with E-state index in [0.29, 0.717) is 11.8 Å². The molecule has 0 aliphatic carbocycles. The van der Waals surface area contributed by atoms with Crippen molar-refractivity contribution in [3.63, 3.8) is 0 Å². The highest BCUT2D eigenvalue weighted by molar-refractivity contribution is 7.08. The van der Waals surface area contributed by atoms with Crippen LogP contribution in [-0.2, 0) is 11.2 Å². The molecule has 0 saturated heterocycles. The highest BCUT2D eigenvalue weighted by atomic mass is 32.1. The van der Waals surface area contributed by atoms with Crippen molar-refractivity contribution in [2.75, 3.05) is 5.32 Å². The molecule has 0 bridgehead atoms. The molecule has 2 heterocycles. The summed E-state index contributed by atoms with van der Waals surface area (Å²) >= 11 is 1.56. The summed E-state index contributed by atoms with van der Waals surface area (Å²) in [5.41, 5.74) is 3.87. The van der Waals surface area contributed by atoms with E-state index in [0.717, 1.165) is 22.4 Å². The molecule has 6 heteroatoms. The van der Waals surface area contributed by atoms with E-state index in [2.05, 4.69) is 15.5 Å².